The van der Waals surface area contributed by atoms with Crippen molar-refractivity contribution < 1.29 is 9.47 Å². The van der Waals surface area contributed by atoms with E-state index in [9.17, 15) is 0 Å². The van der Waals surface area contributed by atoms with Crippen molar-refractivity contribution in [2.75, 3.05) is 25.0 Å². The molecule has 19 heavy (non-hydrogen) atoms. The van der Waals surface area contributed by atoms with Crippen molar-refractivity contribution >= 4 is 15.9 Å². The van der Waals surface area contributed by atoms with Crippen LogP contribution in [0.3, 0.4) is 0 Å². The van der Waals surface area contributed by atoms with Crippen molar-refractivity contribution in [3.63, 3.8) is 0 Å². The highest BCUT2D eigenvalue weighted by Crippen LogP contribution is 2.43. The van der Waals surface area contributed by atoms with Crippen LogP contribution in [0.15, 0.2) is 0 Å². The maximum Gasteiger partial charge on any atom is 0.0799 e. The monoisotopic (exact) mass is 331 g/mol. The lowest BCUT2D eigenvalue weighted by molar-refractivity contribution is -0.0852. The summed E-state index contributed by atoms with van der Waals surface area (Å²) in [6.45, 7) is 5.26. The first-order valence-corrected chi connectivity index (χ1v) is 8.92. The predicted molar refractivity (Wildman–Crippen MR) is 79.9 cm³/mol. The van der Waals surface area contributed by atoms with Crippen molar-refractivity contribution in [2.45, 2.75) is 69.3 Å². The zero-order valence-electron chi connectivity index (χ0n) is 11.9. The second kappa shape index (κ2) is 6.00. The molecule has 3 nitrogen and oxygen atoms in total. The molecular weight excluding hydrogens is 306 g/mol. The lowest BCUT2D eigenvalue weighted by Gasteiger charge is -2.39. The molecule has 0 aromatic rings. The molecule has 2 heterocycles. The zero-order chi connectivity index (χ0) is 13.3. The number of hydrogen-bond donors (Lipinski definition) is 0. The molecule has 3 aliphatic rings. The molecular formula is C15H26BrNO2. The van der Waals surface area contributed by atoms with Crippen molar-refractivity contribution in [3.05, 3.63) is 0 Å². The quantitative estimate of drug-likeness (QED) is 0.742. The van der Waals surface area contributed by atoms with E-state index in [0.717, 1.165) is 25.0 Å². The Morgan fingerprint density at radius 3 is 2.74 bits per heavy atom. The number of alkyl halides is 1. The molecule has 2 aliphatic heterocycles. The van der Waals surface area contributed by atoms with Crippen molar-refractivity contribution in [1.29, 1.82) is 0 Å². The second-order valence-electron chi connectivity index (χ2n) is 6.58. The summed E-state index contributed by atoms with van der Waals surface area (Å²) in [6, 6.07) is 0.527. The molecule has 1 spiro atoms. The topological polar surface area (TPSA) is 21.7 Å². The number of hydrogen-bond acceptors (Lipinski definition) is 3. The van der Waals surface area contributed by atoms with E-state index in [1.54, 1.807) is 0 Å². The van der Waals surface area contributed by atoms with Crippen LogP contribution in [0.4, 0.5) is 0 Å². The van der Waals surface area contributed by atoms with Crippen LogP contribution in [0.2, 0.25) is 0 Å². The molecule has 0 bridgehead atoms. The number of ether oxygens (including phenoxy) is 2. The third-order valence-corrected chi connectivity index (χ3v) is 5.82. The van der Waals surface area contributed by atoms with Gasteiger partial charge in [-0.2, -0.15) is 0 Å². The van der Waals surface area contributed by atoms with Crippen LogP contribution in [-0.4, -0.2) is 53.8 Å². The van der Waals surface area contributed by atoms with E-state index < -0.39 is 0 Å². The van der Waals surface area contributed by atoms with Gasteiger partial charge in [0.25, 0.3) is 0 Å². The summed E-state index contributed by atoms with van der Waals surface area (Å²) in [6.07, 6.45) is 8.67. The highest BCUT2D eigenvalue weighted by Gasteiger charge is 2.43. The Hall–Kier alpha value is 0.360. The fraction of sp³-hybridized carbons (Fsp3) is 1.00. The molecule has 110 valence electrons. The molecule has 1 aliphatic carbocycles. The number of rotatable bonds is 3. The smallest absolute Gasteiger partial charge is 0.0799 e. The minimum absolute atomic E-state index is 0.273. The standard InChI is InChI=1S/C15H26BrNO2/c1-12-11-18-14(8-16)10-17(12)9-13-4-7-15(19-13)5-2-3-6-15/h12-14H,2-11H2,1H3. The lowest BCUT2D eigenvalue weighted by atomic mass is 9.98. The van der Waals surface area contributed by atoms with Gasteiger partial charge in [0, 0.05) is 24.5 Å². The van der Waals surface area contributed by atoms with Crippen LogP contribution in [0.25, 0.3) is 0 Å². The summed E-state index contributed by atoms with van der Waals surface area (Å²) in [5.74, 6) is 0. The van der Waals surface area contributed by atoms with E-state index in [-0.39, 0.29) is 5.60 Å². The van der Waals surface area contributed by atoms with Crippen LogP contribution in [-0.2, 0) is 9.47 Å². The molecule has 0 aromatic heterocycles. The molecule has 0 amide bonds. The molecule has 0 aromatic carbocycles. The molecule has 3 unspecified atom stereocenters. The molecule has 3 rings (SSSR count). The minimum Gasteiger partial charge on any atom is -0.374 e. The second-order valence-corrected chi connectivity index (χ2v) is 7.23. The first-order chi connectivity index (χ1) is 9.21. The maximum atomic E-state index is 6.44. The summed E-state index contributed by atoms with van der Waals surface area (Å²) in [4.78, 5) is 2.56. The molecule has 0 N–H and O–H groups in total. The van der Waals surface area contributed by atoms with Gasteiger partial charge in [-0.1, -0.05) is 28.8 Å². The summed E-state index contributed by atoms with van der Waals surface area (Å²) in [5.41, 5.74) is 0.273. The van der Waals surface area contributed by atoms with Gasteiger partial charge in [0.2, 0.25) is 0 Å². The molecule has 1 saturated carbocycles. The Morgan fingerprint density at radius 2 is 2.00 bits per heavy atom. The van der Waals surface area contributed by atoms with Gasteiger partial charge in [-0.25, -0.2) is 0 Å². The third kappa shape index (κ3) is 3.17. The highest BCUT2D eigenvalue weighted by molar-refractivity contribution is 9.09. The predicted octanol–water partition coefficient (Wildman–Crippen LogP) is 2.96. The number of halogens is 1. The number of morpholine rings is 1. The lowest BCUT2D eigenvalue weighted by Crippen LogP contribution is -2.51. The molecule has 0 radical (unpaired) electrons. The zero-order valence-corrected chi connectivity index (χ0v) is 13.5. The largest absolute Gasteiger partial charge is 0.374 e. The first-order valence-electron chi connectivity index (χ1n) is 7.80. The normalized spacial score (nSPS) is 39.2. The maximum absolute atomic E-state index is 6.44. The van der Waals surface area contributed by atoms with E-state index in [0.29, 0.717) is 18.2 Å². The molecule has 4 heteroatoms. The molecule has 3 atom stereocenters. The van der Waals surface area contributed by atoms with Gasteiger partial charge < -0.3 is 9.47 Å². The van der Waals surface area contributed by atoms with E-state index >= 15 is 0 Å². The number of nitrogens with zero attached hydrogens (tertiary/aromatic N) is 1. The molecule has 3 fully saturated rings. The first kappa shape index (κ1) is 14.3. The Balaban J connectivity index is 1.53. The van der Waals surface area contributed by atoms with Gasteiger partial charge in [-0.15, -0.1) is 0 Å². The Morgan fingerprint density at radius 1 is 1.21 bits per heavy atom. The van der Waals surface area contributed by atoms with Crippen LogP contribution in [0.5, 0.6) is 0 Å². The van der Waals surface area contributed by atoms with E-state index in [4.69, 9.17) is 9.47 Å². The summed E-state index contributed by atoms with van der Waals surface area (Å²) < 4.78 is 12.2. The van der Waals surface area contributed by atoms with Crippen LogP contribution < -0.4 is 0 Å². The van der Waals surface area contributed by atoms with Crippen molar-refractivity contribution in [2.24, 2.45) is 0 Å². The van der Waals surface area contributed by atoms with E-state index in [1.165, 1.54) is 38.5 Å². The summed E-state index contributed by atoms with van der Waals surface area (Å²) in [7, 11) is 0. The Kier molecular flexibility index (Phi) is 4.52. The van der Waals surface area contributed by atoms with Crippen LogP contribution >= 0.6 is 15.9 Å². The fourth-order valence-corrected chi connectivity index (χ4v) is 4.29. The van der Waals surface area contributed by atoms with Gasteiger partial charge in [-0.05, 0) is 32.6 Å². The third-order valence-electron chi connectivity index (χ3n) is 5.10. The van der Waals surface area contributed by atoms with E-state index in [1.807, 2.05) is 0 Å². The van der Waals surface area contributed by atoms with Crippen molar-refractivity contribution in [3.8, 4) is 0 Å². The highest BCUT2D eigenvalue weighted by atomic mass is 79.9. The average Bonchev–Trinajstić information content (AvgIpc) is 3.03. The van der Waals surface area contributed by atoms with Gasteiger partial charge in [0.05, 0.1) is 24.4 Å². The van der Waals surface area contributed by atoms with Gasteiger partial charge >= 0.3 is 0 Å². The Bertz CT molecular complexity index is 307. The van der Waals surface area contributed by atoms with Gasteiger partial charge in [-0.3, -0.25) is 4.90 Å². The summed E-state index contributed by atoms with van der Waals surface area (Å²) >= 11 is 3.54. The average molecular weight is 332 g/mol. The van der Waals surface area contributed by atoms with Crippen LogP contribution in [0, 0.1) is 0 Å². The van der Waals surface area contributed by atoms with Crippen molar-refractivity contribution in [1.82, 2.24) is 4.90 Å². The SMILES string of the molecule is CC1COC(CBr)CN1CC1CCC2(CCCC2)O1. The Labute approximate surface area is 125 Å². The van der Waals surface area contributed by atoms with Gasteiger partial charge in [0.1, 0.15) is 0 Å². The fourth-order valence-electron chi connectivity index (χ4n) is 3.90. The summed E-state index contributed by atoms with van der Waals surface area (Å²) in [5, 5.41) is 0.936. The van der Waals surface area contributed by atoms with E-state index in [2.05, 4.69) is 27.8 Å². The minimum atomic E-state index is 0.273. The van der Waals surface area contributed by atoms with Crippen LogP contribution in [0.1, 0.15) is 45.4 Å². The van der Waals surface area contributed by atoms with Gasteiger partial charge in [0.15, 0.2) is 0 Å². The molecule has 2 saturated heterocycles.